The Morgan fingerprint density at radius 1 is 1.29 bits per heavy atom. The van der Waals surface area contributed by atoms with Gasteiger partial charge in [-0.1, -0.05) is 26.2 Å². The smallest absolute Gasteiger partial charge is 0.416 e. The van der Waals surface area contributed by atoms with E-state index in [1.807, 2.05) is 0 Å². The molecular weight excluding hydrogens is 182 g/mol. The van der Waals surface area contributed by atoms with Gasteiger partial charge in [0.15, 0.2) is 0 Å². The Morgan fingerprint density at radius 2 is 2.00 bits per heavy atom. The van der Waals surface area contributed by atoms with E-state index in [1.165, 1.54) is 0 Å². The Balaban J connectivity index is 3.67. The first-order chi connectivity index (χ1) is 6.76. The number of nitrogens with zero attached hydrogens (tertiary/aromatic N) is 1. The van der Waals surface area contributed by atoms with Crippen molar-refractivity contribution >= 4 is 12.5 Å². The van der Waals surface area contributed by atoms with Crippen LogP contribution in [0.4, 0.5) is 4.79 Å². The van der Waals surface area contributed by atoms with Gasteiger partial charge in [0.05, 0.1) is 6.61 Å². The highest BCUT2D eigenvalue weighted by Gasteiger charge is 2.13. The standard InChI is InChI=1S/C10H18NO3/c1-3-5-6-7-8-11(9-12)10(13)14-4-2/h3-8H2,1-2H3. The van der Waals surface area contributed by atoms with Crippen molar-refractivity contribution in [2.75, 3.05) is 13.2 Å². The van der Waals surface area contributed by atoms with Gasteiger partial charge in [0.25, 0.3) is 0 Å². The summed E-state index contributed by atoms with van der Waals surface area (Å²) in [5, 5.41) is 0. The maximum absolute atomic E-state index is 11.1. The molecule has 0 fully saturated rings. The largest absolute Gasteiger partial charge is 0.449 e. The third-order valence-electron chi connectivity index (χ3n) is 1.83. The lowest BCUT2D eigenvalue weighted by Gasteiger charge is -2.13. The van der Waals surface area contributed by atoms with Gasteiger partial charge in [-0.25, -0.2) is 9.69 Å². The van der Waals surface area contributed by atoms with Crippen LogP contribution in [0.2, 0.25) is 0 Å². The highest BCUT2D eigenvalue weighted by atomic mass is 16.6. The van der Waals surface area contributed by atoms with Crippen molar-refractivity contribution in [1.82, 2.24) is 4.90 Å². The minimum atomic E-state index is -0.598. The summed E-state index contributed by atoms with van der Waals surface area (Å²) < 4.78 is 4.68. The third-order valence-corrected chi connectivity index (χ3v) is 1.83. The van der Waals surface area contributed by atoms with Crippen LogP contribution < -0.4 is 0 Å². The van der Waals surface area contributed by atoms with E-state index in [2.05, 4.69) is 11.7 Å². The van der Waals surface area contributed by atoms with E-state index in [9.17, 15) is 9.59 Å². The lowest BCUT2D eigenvalue weighted by molar-refractivity contribution is 0.126. The van der Waals surface area contributed by atoms with Gasteiger partial charge >= 0.3 is 12.5 Å². The molecule has 0 aliphatic rings. The van der Waals surface area contributed by atoms with Gasteiger partial charge in [0.2, 0.25) is 0 Å². The molecule has 0 atom stereocenters. The predicted molar refractivity (Wildman–Crippen MR) is 53.6 cm³/mol. The number of ether oxygens (including phenoxy) is 1. The second kappa shape index (κ2) is 8.53. The van der Waals surface area contributed by atoms with E-state index >= 15 is 0 Å². The second-order valence-electron chi connectivity index (χ2n) is 3.00. The van der Waals surface area contributed by atoms with Crippen molar-refractivity contribution in [2.24, 2.45) is 0 Å². The molecule has 4 heteroatoms. The highest BCUT2D eigenvalue weighted by molar-refractivity contribution is 5.80. The number of carbonyl (C=O) groups is 1. The van der Waals surface area contributed by atoms with Crippen molar-refractivity contribution in [1.29, 1.82) is 0 Å². The molecule has 0 N–H and O–H groups in total. The van der Waals surface area contributed by atoms with Gasteiger partial charge < -0.3 is 4.74 Å². The van der Waals surface area contributed by atoms with Crippen LogP contribution in [0, 0.1) is 0 Å². The molecule has 0 aromatic rings. The maximum atomic E-state index is 11.1. The number of carbonyl (C=O) groups excluding carboxylic acids is 2. The zero-order chi connectivity index (χ0) is 10.8. The van der Waals surface area contributed by atoms with Crippen LogP contribution in [0.15, 0.2) is 0 Å². The molecule has 2 amide bonds. The van der Waals surface area contributed by atoms with E-state index in [0.717, 1.165) is 30.6 Å². The molecule has 4 nitrogen and oxygen atoms in total. The molecule has 0 aliphatic carbocycles. The molecule has 0 heterocycles. The molecule has 14 heavy (non-hydrogen) atoms. The summed E-state index contributed by atoms with van der Waals surface area (Å²) in [6.07, 6.45) is 5.07. The number of imide groups is 1. The number of hydrogen-bond donors (Lipinski definition) is 0. The minimum Gasteiger partial charge on any atom is -0.449 e. The van der Waals surface area contributed by atoms with Crippen molar-refractivity contribution < 1.29 is 14.3 Å². The molecule has 0 aromatic heterocycles. The molecule has 0 aliphatic heterocycles. The molecule has 1 radical (unpaired) electrons. The van der Waals surface area contributed by atoms with Crippen molar-refractivity contribution in [3.05, 3.63) is 0 Å². The molecule has 0 saturated heterocycles. The Hall–Kier alpha value is -1.06. The third kappa shape index (κ3) is 5.56. The quantitative estimate of drug-likeness (QED) is 0.467. The molecule has 0 bridgehead atoms. The van der Waals surface area contributed by atoms with Crippen LogP contribution in [-0.4, -0.2) is 30.6 Å². The van der Waals surface area contributed by atoms with Crippen LogP contribution in [0.3, 0.4) is 0 Å². The molecule has 0 saturated carbocycles. The fraction of sp³-hybridized carbons (Fsp3) is 0.800. The molecule has 81 valence electrons. The van der Waals surface area contributed by atoms with Gasteiger partial charge in [-0.05, 0) is 13.3 Å². The van der Waals surface area contributed by atoms with Crippen molar-refractivity contribution in [2.45, 2.75) is 39.5 Å². The summed E-state index contributed by atoms with van der Waals surface area (Å²) in [7, 11) is 0. The van der Waals surface area contributed by atoms with E-state index in [1.54, 1.807) is 13.3 Å². The Labute approximate surface area is 85.2 Å². The molecular formula is C10H18NO3. The molecule has 0 rings (SSSR count). The predicted octanol–water partition coefficient (Wildman–Crippen LogP) is 2.09. The highest BCUT2D eigenvalue weighted by Crippen LogP contribution is 2.01. The fourth-order valence-corrected chi connectivity index (χ4v) is 1.07. The van der Waals surface area contributed by atoms with Gasteiger partial charge in [0, 0.05) is 6.54 Å². The molecule has 0 spiro atoms. The van der Waals surface area contributed by atoms with Gasteiger partial charge in [0.1, 0.15) is 0 Å². The van der Waals surface area contributed by atoms with Gasteiger partial charge in [-0.3, -0.25) is 4.79 Å². The number of rotatable bonds is 7. The molecule has 0 aromatic carbocycles. The maximum Gasteiger partial charge on any atom is 0.416 e. The Kier molecular flexibility index (Phi) is 7.89. The van der Waals surface area contributed by atoms with Gasteiger partial charge in [-0.2, -0.15) is 0 Å². The number of hydrogen-bond acceptors (Lipinski definition) is 3. The lowest BCUT2D eigenvalue weighted by atomic mass is 10.2. The van der Waals surface area contributed by atoms with Crippen molar-refractivity contribution in [3.8, 4) is 0 Å². The monoisotopic (exact) mass is 200 g/mol. The fourth-order valence-electron chi connectivity index (χ4n) is 1.07. The average molecular weight is 200 g/mol. The summed E-state index contributed by atoms with van der Waals surface area (Å²) in [4.78, 5) is 22.4. The van der Waals surface area contributed by atoms with Crippen LogP contribution in [-0.2, 0) is 9.53 Å². The normalized spacial score (nSPS) is 9.57. The minimum absolute atomic E-state index is 0.284. The first-order valence-corrected chi connectivity index (χ1v) is 5.08. The SMILES string of the molecule is CCCCCCN([C]=O)C(=O)OCC. The number of amides is 2. The van der Waals surface area contributed by atoms with Crippen LogP contribution in [0.1, 0.15) is 39.5 Å². The van der Waals surface area contributed by atoms with Gasteiger partial charge in [-0.15, -0.1) is 0 Å². The molecule has 0 unspecified atom stereocenters. The van der Waals surface area contributed by atoms with E-state index in [4.69, 9.17) is 0 Å². The average Bonchev–Trinajstić information content (AvgIpc) is 2.18. The van der Waals surface area contributed by atoms with E-state index in [0.29, 0.717) is 6.54 Å². The lowest BCUT2D eigenvalue weighted by Crippen LogP contribution is -2.31. The topological polar surface area (TPSA) is 46.6 Å². The Bertz CT molecular complexity index is 171. The zero-order valence-electron chi connectivity index (χ0n) is 8.91. The first kappa shape index (κ1) is 12.9. The van der Waals surface area contributed by atoms with Crippen molar-refractivity contribution in [3.63, 3.8) is 0 Å². The van der Waals surface area contributed by atoms with E-state index < -0.39 is 6.09 Å². The summed E-state index contributed by atoms with van der Waals surface area (Å²) >= 11 is 0. The summed E-state index contributed by atoms with van der Waals surface area (Å²) in [5.74, 6) is 0. The zero-order valence-corrected chi connectivity index (χ0v) is 8.91. The van der Waals surface area contributed by atoms with Crippen LogP contribution >= 0.6 is 0 Å². The van der Waals surface area contributed by atoms with Crippen LogP contribution in [0.5, 0.6) is 0 Å². The summed E-state index contributed by atoms with van der Waals surface area (Å²) in [5.41, 5.74) is 0. The first-order valence-electron chi connectivity index (χ1n) is 5.08. The van der Waals surface area contributed by atoms with Crippen LogP contribution in [0.25, 0.3) is 0 Å². The summed E-state index contributed by atoms with van der Waals surface area (Å²) in [6, 6.07) is 0. The Morgan fingerprint density at radius 3 is 2.50 bits per heavy atom. The van der Waals surface area contributed by atoms with E-state index in [-0.39, 0.29) is 6.61 Å². The second-order valence-corrected chi connectivity index (χ2v) is 3.00. The number of unbranched alkanes of at least 4 members (excludes halogenated alkanes) is 3. The summed E-state index contributed by atoms with van der Waals surface area (Å²) in [6.45, 7) is 4.50.